The second kappa shape index (κ2) is 5.45. The molecule has 1 aromatic heterocycles. The maximum atomic E-state index is 4.66. The van der Waals surface area contributed by atoms with Gasteiger partial charge in [0.05, 0.1) is 0 Å². The molecule has 2 fully saturated rings. The van der Waals surface area contributed by atoms with Crippen molar-refractivity contribution in [1.82, 2.24) is 15.3 Å². The van der Waals surface area contributed by atoms with E-state index in [9.17, 15) is 0 Å². The first-order valence-corrected chi connectivity index (χ1v) is 7.52. The first kappa shape index (κ1) is 12.9. The Hall–Kier alpha value is -1.16. The number of nitrogens with one attached hydrogen (secondary N) is 1. The average Bonchev–Trinajstić information content (AvgIpc) is 3.20. The van der Waals surface area contributed by atoms with E-state index in [0.29, 0.717) is 0 Å². The van der Waals surface area contributed by atoms with Crippen molar-refractivity contribution < 1.29 is 0 Å². The Bertz CT molecular complexity index is 416. The van der Waals surface area contributed by atoms with Gasteiger partial charge in [-0.2, -0.15) is 0 Å². The predicted molar refractivity (Wildman–Crippen MR) is 77.5 cm³/mol. The van der Waals surface area contributed by atoms with Crippen LogP contribution in [0.2, 0.25) is 0 Å². The molecule has 4 heteroatoms. The Morgan fingerprint density at radius 2 is 1.89 bits per heavy atom. The maximum absolute atomic E-state index is 4.66. The smallest absolute Gasteiger partial charge is 0.132 e. The van der Waals surface area contributed by atoms with Gasteiger partial charge in [0, 0.05) is 24.3 Å². The third kappa shape index (κ3) is 3.24. The second-order valence-corrected chi connectivity index (χ2v) is 5.99. The fourth-order valence-electron chi connectivity index (χ4n) is 3.00. The van der Waals surface area contributed by atoms with Crippen molar-refractivity contribution in [2.24, 2.45) is 5.92 Å². The quantitative estimate of drug-likeness (QED) is 0.899. The molecule has 4 nitrogen and oxygen atoms in total. The zero-order valence-electron chi connectivity index (χ0n) is 12.0. The van der Waals surface area contributed by atoms with E-state index in [1.165, 1.54) is 45.3 Å². The van der Waals surface area contributed by atoms with Crippen molar-refractivity contribution >= 4 is 5.82 Å². The molecule has 0 spiro atoms. The summed E-state index contributed by atoms with van der Waals surface area (Å²) in [6.07, 6.45) is 5.25. The van der Waals surface area contributed by atoms with Gasteiger partial charge in [0.15, 0.2) is 0 Å². The molecule has 0 atom stereocenters. The third-order valence-electron chi connectivity index (χ3n) is 4.15. The van der Waals surface area contributed by atoms with Crippen LogP contribution >= 0.6 is 0 Å². The Balaban J connectivity index is 1.76. The molecule has 0 amide bonds. The summed E-state index contributed by atoms with van der Waals surface area (Å²) >= 11 is 0. The number of piperidine rings is 1. The second-order valence-electron chi connectivity index (χ2n) is 5.99. The summed E-state index contributed by atoms with van der Waals surface area (Å²) in [5.74, 6) is 2.86. The van der Waals surface area contributed by atoms with Gasteiger partial charge in [-0.05, 0) is 58.5 Å². The first-order chi connectivity index (χ1) is 9.22. The van der Waals surface area contributed by atoms with E-state index in [0.717, 1.165) is 29.3 Å². The molecule has 1 saturated carbocycles. The summed E-state index contributed by atoms with van der Waals surface area (Å²) in [6, 6.07) is 2.87. The SMILES string of the molecule is Cc1cc(N(CC2CCNCC2)C2CC2)nc(C)n1. The predicted octanol–water partition coefficient (Wildman–Crippen LogP) is 2.06. The lowest BCUT2D eigenvalue weighted by Gasteiger charge is -2.31. The molecule has 1 saturated heterocycles. The van der Waals surface area contributed by atoms with Crippen LogP contribution in [0.5, 0.6) is 0 Å². The molecule has 0 unspecified atom stereocenters. The fourth-order valence-corrected chi connectivity index (χ4v) is 3.00. The first-order valence-electron chi connectivity index (χ1n) is 7.52. The lowest BCUT2D eigenvalue weighted by molar-refractivity contribution is 0.372. The molecule has 19 heavy (non-hydrogen) atoms. The monoisotopic (exact) mass is 260 g/mol. The standard InChI is InChI=1S/C15H24N4/c1-11-9-15(18-12(2)17-11)19(14-3-4-14)10-13-5-7-16-8-6-13/h9,13-14,16H,3-8,10H2,1-2H3. The summed E-state index contributed by atoms with van der Waals surface area (Å²) in [6.45, 7) is 7.57. The van der Waals surface area contributed by atoms with Crippen molar-refractivity contribution in [1.29, 1.82) is 0 Å². The van der Waals surface area contributed by atoms with Gasteiger partial charge in [-0.25, -0.2) is 9.97 Å². The van der Waals surface area contributed by atoms with Crippen LogP contribution in [0.3, 0.4) is 0 Å². The van der Waals surface area contributed by atoms with E-state index in [1.54, 1.807) is 0 Å². The average molecular weight is 260 g/mol. The van der Waals surface area contributed by atoms with Crippen LogP contribution in [0, 0.1) is 19.8 Å². The zero-order chi connectivity index (χ0) is 13.2. The Morgan fingerprint density at radius 1 is 1.16 bits per heavy atom. The molecule has 2 heterocycles. The van der Waals surface area contributed by atoms with Crippen LogP contribution in [0.1, 0.15) is 37.2 Å². The highest BCUT2D eigenvalue weighted by atomic mass is 15.2. The summed E-state index contributed by atoms with van der Waals surface area (Å²) in [4.78, 5) is 11.6. The van der Waals surface area contributed by atoms with Crippen LogP contribution in [-0.2, 0) is 0 Å². The minimum Gasteiger partial charge on any atom is -0.353 e. The van der Waals surface area contributed by atoms with Crippen LogP contribution < -0.4 is 10.2 Å². The molecular weight excluding hydrogens is 236 g/mol. The molecule has 2 aliphatic rings. The normalized spacial score (nSPS) is 20.5. The van der Waals surface area contributed by atoms with Gasteiger partial charge in [-0.15, -0.1) is 0 Å². The van der Waals surface area contributed by atoms with Crippen molar-refractivity contribution in [3.8, 4) is 0 Å². The highest BCUT2D eigenvalue weighted by Gasteiger charge is 2.32. The highest BCUT2D eigenvalue weighted by molar-refractivity contribution is 5.42. The topological polar surface area (TPSA) is 41.0 Å². The van der Waals surface area contributed by atoms with Crippen molar-refractivity contribution in [3.63, 3.8) is 0 Å². The van der Waals surface area contributed by atoms with E-state index in [4.69, 9.17) is 0 Å². The Kier molecular flexibility index (Phi) is 3.69. The number of aromatic nitrogens is 2. The number of hydrogen-bond donors (Lipinski definition) is 1. The van der Waals surface area contributed by atoms with E-state index in [-0.39, 0.29) is 0 Å². The highest BCUT2D eigenvalue weighted by Crippen LogP contribution is 2.32. The van der Waals surface area contributed by atoms with Crippen LogP contribution in [0.15, 0.2) is 6.07 Å². The van der Waals surface area contributed by atoms with Crippen molar-refractivity contribution in [2.75, 3.05) is 24.5 Å². The van der Waals surface area contributed by atoms with Gasteiger partial charge in [0.25, 0.3) is 0 Å². The zero-order valence-corrected chi connectivity index (χ0v) is 12.0. The summed E-state index contributed by atoms with van der Waals surface area (Å²) in [5.41, 5.74) is 1.08. The van der Waals surface area contributed by atoms with Crippen molar-refractivity contribution in [3.05, 3.63) is 17.6 Å². The fraction of sp³-hybridized carbons (Fsp3) is 0.733. The molecule has 1 N–H and O–H groups in total. The van der Waals surface area contributed by atoms with E-state index in [2.05, 4.69) is 33.2 Å². The number of anilines is 1. The minimum atomic E-state index is 0.726. The van der Waals surface area contributed by atoms with Gasteiger partial charge < -0.3 is 10.2 Å². The summed E-state index contributed by atoms with van der Waals surface area (Å²) in [7, 11) is 0. The molecular formula is C15H24N4. The minimum absolute atomic E-state index is 0.726. The van der Waals surface area contributed by atoms with Crippen LogP contribution in [-0.4, -0.2) is 35.6 Å². The Morgan fingerprint density at radius 3 is 2.53 bits per heavy atom. The summed E-state index contributed by atoms with van der Waals surface area (Å²) < 4.78 is 0. The largest absolute Gasteiger partial charge is 0.353 e. The lowest BCUT2D eigenvalue weighted by Crippen LogP contribution is -2.37. The molecule has 1 aromatic rings. The van der Waals surface area contributed by atoms with Gasteiger partial charge in [-0.3, -0.25) is 0 Å². The van der Waals surface area contributed by atoms with Gasteiger partial charge >= 0.3 is 0 Å². The lowest BCUT2D eigenvalue weighted by atomic mass is 9.97. The van der Waals surface area contributed by atoms with Gasteiger partial charge in [-0.1, -0.05) is 0 Å². The van der Waals surface area contributed by atoms with E-state index < -0.39 is 0 Å². The third-order valence-corrected chi connectivity index (χ3v) is 4.15. The van der Waals surface area contributed by atoms with E-state index in [1.807, 2.05) is 6.92 Å². The molecule has 104 valence electrons. The summed E-state index contributed by atoms with van der Waals surface area (Å²) in [5, 5.41) is 3.45. The number of nitrogens with zero attached hydrogens (tertiary/aromatic N) is 3. The van der Waals surface area contributed by atoms with Crippen LogP contribution in [0.4, 0.5) is 5.82 Å². The van der Waals surface area contributed by atoms with E-state index >= 15 is 0 Å². The molecule has 3 rings (SSSR count). The molecule has 0 aromatic carbocycles. The number of rotatable bonds is 4. The number of aryl methyl sites for hydroxylation is 2. The maximum Gasteiger partial charge on any atom is 0.132 e. The van der Waals surface area contributed by atoms with Crippen LogP contribution in [0.25, 0.3) is 0 Å². The Labute approximate surface area is 115 Å². The van der Waals surface area contributed by atoms with Crippen molar-refractivity contribution in [2.45, 2.75) is 45.6 Å². The molecule has 1 aliphatic carbocycles. The molecule has 0 bridgehead atoms. The number of hydrogen-bond acceptors (Lipinski definition) is 4. The molecule has 0 radical (unpaired) electrons. The van der Waals surface area contributed by atoms with Gasteiger partial charge in [0.2, 0.25) is 0 Å². The molecule has 1 aliphatic heterocycles. The van der Waals surface area contributed by atoms with Gasteiger partial charge in [0.1, 0.15) is 11.6 Å².